The molecule has 40 heavy (non-hydrogen) atoms. The highest BCUT2D eigenvalue weighted by atomic mass is 31.1. The smallest absolute Gasteiger partial charge is 0.187 e. The quantitative estimate of drug-likeness (QED) is 0.190. The molecule has 0 saturated heterocycles. The van der Waals surface area contributed by atoms with Crippen LogP contribution in [0.2, 0.25) is 0 Å². The molecule has 0 aliphatic heterocycles. The van der Waals surface area contributed by atoms with Crippen molar-refractivity contribution in [2.24, 2.45) is 0 Å². The average molecular weight is 554 g/mol. The minimum Gasteiger partial charge on any atom is -0.383 e. The van der Waals surface area contributed by atoms with Crippen LogP contribution < -0.4 is 15.9 Å². The lowest BCUT2D eigenvalue weighted by atomic mass is 10.1. The Kier molecular flexibility index (Phi) is 10.7. The van der Waals surface area contributed by atoms with Crippen molar-refractivity contribution >= 4 is 41.2 Å². The first-order chi connectivity index (χ1) is 19.0. The molecule has 0 bridgehead atoms. The van der Waals surface area contributed by atoms with Gasteiger partial charge in [-0.25, -0.2) is 0 Å². The highest BCUT2D eigenvalue weighted by molar-refractivity contribution is 7.79. The Bertz CT molecular complexity index is 1280. The zero-order chi connectivity index (χ0) is 29.2. The molecule has 0 spiro atoms. The van der Waals surface area contributed by atoms with Crippen LogP contribution in [0.25, 0.3) is 0 Å². The monoisotopic (exact) mass is 553 g/mol. The van der Waals surface area contributed by atoms with Crippen LogP contribution in [0.4, 0.5) is 0 Å². The molecule has 3 aromatic carbocycles. The fraction of sp³-hybridized carbons (Fsp3) is 0.182. The average Bonchev–Trinajstić information content (AvgIpc) is 2.94. The van der Waals surface area contributed by atoms with Crippen molar-refractivity contribution in [1.29, 1.82) is 0 Å². The van der Waals surface area contributed by atoms with Gasteiger partial charge >= 0.3 is 0 Å². The molecule has 0 amide bonds. The van der Waals surface area contributed by atoms with Gasteiger partial charge in [-0.3, -0.25) is 14.4 Å². The number of benzene rings is 3. The maximum atomic E-state index is 12.9. The van der Waals surface area contributed by atoms with E-state index < -0.39 is 7.92 Å². The van der Waals surface area contributed by atoms with Crippen LogP contribution in [0.3, 0.4) is 0 Å². The lowest BCUT2D eigenvalue weighted by Crippen LogP contribution is -2.23. The molecule has 6 nitrogen and oxygen atoms in total. The van der Waals surface area contributed by atoms with E-state index in [9.17, 15) is 14.4 Å². The first-order valence-corrected chi connectivity index (χ1v) is 14.2. The van der Waals surface area contributed by atoms with Gasteiger partial charge in [-0.15, -0.1) is 0 Å². The Labute approximate surface area is 238 Å². The fourth-order valence-electron chi connectivity index (χ4n) is 3.78. The number of hydrogen-bond donors (Lipinski definition) is 0. The summed E-state index contributed by atoms with van der Waals surface area (Å²) in [6.07, 6.45) is 9.83. The maximum absolute atomic E-state index is 12.9. The number of rotatable bonds is 12. The number of carbonyl (C=O) groups excluding carboxylic acids is 3. The minimum atomic E-state index is -1.19. The molecule has 0 unspecified atom stereocenters. The molecule has 0 saturated carbocycles. The third-order valence-corrected chi connectivity index (χ3v) is 8.12. The first kappa shape index (κ1) is 30.3. The molecule has 0 aliphatic rings. The van der Waals surface area contributed by atoms with Gasteiger partial charge in [0.2, 0.25) is 0 Å². The Hall–Kier alpha value is -4.28. The molecule has 0 aromatic heterocycles. The second kappa shape index (κ2) is 14.2. The van der Waals surface area contributed by atoms with Crippen molar-refractivity contribution < 1.29 is 14.4 Å². The summed E-state index contributed by atoms with van der Waals surface area (Å²) in [6, 6.07) is 22.8. The Morgan fingerprint density at radius 3 is 1.02 bits per heavy atom. The molecular weight excluding hydrogens is 517 g/mol. The van der Waals surface area contributed by atoms with E-state index in [4.69, 9.17) is 0 Å². The van der Waals surface area contributed by atoms with Crippen molar-refractivity contribution in [3.05, 3.63) is 126 Å². The summed E-state index contributed by atoms with van der Waals surface area (Å²) in [6.45, 7) is 0. The molecular formula is C33H36N3O3P. The largest absolute Gasteiger partial charge is 0.383 e. The van der Waals surface area contributed by atoms with E-state index in [2.05, 4.69) is 0 Å². The van der Waals surface area contributed by atoms with Crippen LogP contribution >= 0.6 is 7.92 Å². The number of hydrogen-bond acceptors (Lipinski definition) is 6. The standard InChI is InChI=1S/C33H36N3O3P/c1-34(2)19-16-31(37)25-10-7-13-28(22-25)40(29-14-8-11-26(23-29)32(38)17-20-35(3)4)30-15-9-12-27(24-30)33(39)18-21-36(5)6/h7-24H,1-6H3/b19-16+,20-17+,21-18+. The Morgan fingerprint density at radius 2 is 0.775 bits per heavy atom. The lowest BCUT2D eigenvalue weighted by molar-refractivity contribution is 0.103. The first-order valence-electron chi connectivity index (χ1n) is 12.8. The van der Waals surface area contributed by atoms with E-state index in [-0.39, 0.29) is 17.3 Å². The maximum Gasteiger partial charge on any atom is 0.187 e. The van der Waals surface area contributed by atoms with Crippen molar-refractivity contribution in [1.82, 2.24) is 14.7 Å². The molecule has 3 rings (SSSR count). The third kappa shape index (κ3) is 8.62. The Balaban J connectivity index is 2.14. The molecule has 0 aliphatic carbocycles. The van der Waals surface area contributed by atoms with Crippen LogP contribution in [0.1, 0.15) is 31.1 Å². The van der Waals surface area contributed by atoms with Crippen LogP contribution in [0.5, 0.6) is 0 Å². The molecule has 0 heterocycles. The fourth-order valence-corrected chi connectivity index (χ4v) is 6.19. The molecule has 0 fully saturated rings. The highest BCUT2D eigenvalue weighted by Crippen LogP contribution is 2.34. The summed E-state index contributed by atoms with van der Waals surface area (Å²) in [5.74, 6) is -0.289. The number of carbonyl (C=O) groups is 3. The number of ketones is 3. The molecule has 0 radical (unpaired) electrons. The molecule has 7 heteroatoms. The summed E-state index contributed by atoms with van der Waals surface area (Å²) < 4.78 is 0. The number of nitrogens with zero attached hydrogens (tertiary/aromatic N) is 3. The van der Waals surface area contributed by atoms with Gasteiger partial charge in [0.1, 0.15) is 0 Å². The molecule has 206 valence electrons. The predicted octanol–water partition coefficient (Wildman–Crippen LogP) is 4.22. The van der Waals surface area contributed by atoms with Gasteiger partial charge in [0, 0.05) is 95.8 Å². The second-order valence-corrected chi connectivity index (χ2v) is 12.1. The van der Waals surface area contributed by atoms with Gasteiger partial charge in [-0.2, -0.15) is 0 Å². The molecule has 0 N–H and O–H groups in total. The third-order valence-electron chi connectivity index (χ3n) is 5.74. The SMILES string of the molecule is CN(C)/C=C/C(=O)c1cccc(P(c2cccc(C(=O)/C=C/N(C)C)c2)c2cccc(C(=O)/C=C/N(C)C)c2)c1. The zero-order valence-electron chi connectivity index (χ0n) is 23.9. The summed E-state index contributed by atoms with van der Waals surface area (Å²) in [7, 11) is 9.99. The minimum absolute atomic E-state index is 0.0963. The Morgan fingerprint density at radius 1 is 0.500 bits per heavy atom. The van der Waals surface area contributed by atoms with Gasteiger partial charge in [-0.05, 0) is 42.0 Å². The van der Waals surface area contributed by atoms with Gasteiger partial charge < -0.3 is 14.7 Å². The van der Waals surface area contributed by atoms with Gasteiger partial charge in [0.05, 0.1) is 0 Å². The molecule has 0 atom stereocenters. The second-order valence-electron chi connectivity index (χ2n) is 9.92. The van der Waals surface area contributed by atoms with Crippen LogP contribution in [0, 0.1) is 0 Å². The predicted molar refractivity (Wildman–Crippen MR) is 167 cm³/mol. The van der Waals surface area contributed by atoms with Crippen molar-refractivity contribution in [3.63, 3.8) is 0 Å². The zero-order valence-corrected chi connectivity index (χ0v) is 24.8. The van der Waals surface area contributed by atoms with Gasteiger partial charge in [-0.1, -0.05) is 54.6 Å². The van der Waals surface area contributed by atoms with Crippen LogP contribution in [-0.4, -0.2) is 74.3 Å². The summed E-state index contributed by atoms with van der Waals surface area (Å²) in [5.41, 5.74) is 1.72. The van der Waals surface area contributed by atoms with E-state index >= 15 is 0 Å². The van der Waals surface area contributed by atoms with Crippen LogP contribution in [0.15, 0.2) is 110 Å². The summed E-state index contributed by atoms with van der Waals surface area (Å²) >= 11 is 0. The van der Waals surface area contributed by atoms with Crippen LogP contribution in [-0.2, 0) is 0 Å². The van der Waals surface area contributed by atoms with Crippen molar-refractivity contribution in [2.75, 3.05) is 42.3 Å². The van der Waals surface area contributed by atoms with Crippen molar-refractivity contribution in [2.45, 2.75) is 0 Å². The van der Waals surface area contributed by atoms with E-state index in [1.54, 1.807) is 55.0 Å². The van der Waals surface area contributed by atoms with E-state index in [0.717, 1.165) is 15.9 Å². The summed E-state index contributed by atoms with van der Waals surface area (Å²) in [5, 5.41) is 2.84. The van der Waals surface area contributed by atoms with E-state index in [1.165, 1.54) is 0 Å². The normalized spacial score (nSPS) is 11.5. The van der Waals surface area contributed by atoms with E-state index in [1.807, 2.05) is 112 Å². The number of allylic oxidation sites excluding steroid dienone is 3. The topological polar surface area (TPSA) is 60.9 Å². The molecule has 3 aromatic rings. The highest BCUT2D eigenvalue weighted by Gasteiger charge is 2.20. The van der Waals surface area contributed by atoms with E-state index in [0.29, 0.717) is 16.7 Å². The van der Waals surface area contributed by atoms with Gasteiger partial charge in [0.15, 0.2) is 17.3 Å². The summed E-state index contributed by atoms with van der Waals surface area (Å²) in [4.78, 5) is 44.2. The lowest BCUT2D eigenvalue weighted by Gasteiger charge is -2.21. The van der Waals surface area contributed by atoms with Gasteiger partial charge in [0.25, 0.3) is 0 Å². The van der Waals surface area contributed by atoms with Crippen molar-refractivity contribution in [3.8, 4) is 0 Å².